The van der Waals surface area contributed by atoms with E-state index in [0.717, 1.165) is 6.07 Å². The number of fused-ring (bicyclic) bond motifs is 2. The van der Waals surface area contributed by atoms with Crippen LogP contribution < -0.4 is 10.2 Å². The van der Waals surface area contributed by atoms with E-state index in [4.69, 9.17) is 0 Å². The van der Waals surface area contributed by atoms with Gasteiger partial charge in [0, 0.05) is 49.5 Å². The summed E-state index contributed by atoms with van der Waals surface area (Å²) in [5.74, 6) is -2.47. The van der Waals surface area contributed by atoms with Crippen LogP contribution in [0.2, 0.25) is 0 Å². The highest BCUT2D eigenvalue weighted by Gasteiger charge is 2.37. The first-order valence-electron chi connectivity index (χ1n) is 7.62. The van der Waals surface area contributed by atoms with Gasteiger partial charge in [0.2, 0.25) is 0 Å². The van der Waals surface area contributed by atoms with E-state index in [1.165, 1.54) is 12.3 Å². The molecule has 124 valence electrons. The van der Waals surface area contributed by atoms with Gasteiger partial charge in [0.25, 0.3) is 0 Å². The molecule has 2 aliphatic rings. The van der Waals surface area contributed by atoms with Crippen molar-refractivity contribution in [2.45, 2.75) is 6.04 Å². The number of pyridine rings is 1. The van der Waals surface area contributed by atoms with Crippen molar-refractivity contribution in [1.82, 2.24) is 15.2 Å². The molecule has 1 N–H and O–H groups in total. The second-order valence-electron chi connectivity index (χ2n) is 5.92. The number of piperazine rings is 2. The van der Waals surface area contributed by atoms with Crippen LogP contribution in [0, 0.1) is 11.6 Å². The van der Waals surface area contributed by atoms with Gasteiger partial charge in [0.1, 0.15) is 11.3 Å². The quantitative estimate of drug-likeness (QED) is 0.779. The molecule has 1 aromatic carbocycles. The van der Waals surface area contributed by atoms with Crippen molar-refractivity contribution in [3.63, 3.8) is 0 Å². The maximum atomic E-state index is 13.9. The Morgan fingerprint density at radius 1 is 1.21 bits per heavy atom. The van der Waals surface area contributed by atoms with Gasteiger partial charge < -0.3 is 15.1 Å². The molecule has 0 aliphatic carbocycles. The SMILES string of the molecule is O=C1NCC2CN(c3ccnc4c(F)cc(F)cc34)CCN2C1=O. The number of carbonyl (C=O) groups is 2. The molecule has 1 aromatic heterocycles. The summed E-state index contributed by atoms with van der Waals surface area (Å²) in [6.45, 7) is 1.71. The standard InChI is InChI=1S/C16H14F2N4O2/c17-9-5-11-13(1-2-19-14(11)12(18)6-9)21-3-4-22-10(8-21)7-20-15(23)16(22)24/h1-2,5-6,10H,3-4,7-8H2,(H,20,23). The first kappa shape index (κ1) is 14.8. The molecule has 2 amide bonds. The normalized spacial score (nSPS) is 21.0. The molecular weight excluding hydrogens is 318 g/mol. The number of hydrogen-bond donors (Lipinski definition) is 1. The van der Waals surface area contributed by atoms with Gasteiger partial charge in [-0.1, -0.05) is 0 Å². The molecule has 0 saturated carbocycles. The number of rotatable bonds is 1. The summed E-state index contributed by atoms with van der Waals surface area (Å²) in [6.07, 6.45) is 1.48. The van der Waals surface area contributed by atoms with Crippen LogP contribution in [0.25, 0.3) is 10.9 Å². The fraction of sp³-hybridized carbons (Fsp3) is 0.312. The minimum atomic E-state index is -0.703. The summed E-state index contributed by atoms with van der Waals surface area (Å²) in [5.41, 5.74) is 0.784. The van der Waals surface area contributed by atoms with E-state index in [9.17, 15) is 18.4 Å². The van der Waals surface area contributed by atoms with E-state index < -0.39 is 23.4 Å². The average Bonchev–Trinajstić information content (AvgIpc) is 2.57. The van der Waals surface area contributed by atoms with E-state index in [2.05, 4.69) is 10.3 Å². The third-order valence-corrected chi connectivity index (χ3v) is 4.52. The van der Waals surface area contributed by atoms with E-state index in [0.29, 0.717) is 37.3 Å². The van der Waals surface area contributed by atoms with Crippen molar-refractivity contribution in [2.24, 2.45) is 0 Å². The Labute approximate surface area is 136 Å². The van der Waals surface area contributed by atoms with Gasteiger partial charge in [-0.25, -0.2) is 8.78 Å². The smallest absolute Gasteiger partial charge is 0.312 e. The van der Waals surface area contributed by atoms with Crippen molar-refractivity contribution < 1.29 is 18.4 Å². The summed E-state index contributed by atoms with van der Waals surface area (Å²) < 4.78 is 27.6. The van der Waals surface area contributed by atoms with Gasteiger partial charge >= 0.3 is 11.8 Å². The van der Waals surface area contributed by atoms with Crippen LogP contribution in [-0.4, -0.2) is 53.9 Å². The van der Waals surface area contributed by atoms with Crippen LogP contribution in [0.4, 0.5) is 14.5 Å². The molecule has 2 aromatic rings. The Morgan fingerprint density at radius 2 is 2.04 bits per heavy atom. The van der Waals surface area contributed by atoms with E-state index >= 15 is 0 Å². The summed E-state index contributed by atoms with van der Waals surface area (Å²) in [4.78, 5) is 30.8. The topological polar surface area (TPSA) is 65.5 Å². The fourth-order valence-electron chi connectivity index (χ4n) is 3.37. The Hall–Kier alpha value is -2.77. The summed E-state index contributed by atoms with van der Waals surface area (Å²) in [6, 6.07) is 3.62. The van der Waals surface area contributed by atoms with Crippen molar-refractivity contribution in [3.05, 3.63) is 36.0 Å². The third kappa shape index (κ3) is 2.26. The monoisotopic (exact) mass is 332 g/mol. The zero-order chi connectivity index (χ0) is 16.8. The van der Waals surface area contributed by atoms with Crippen LogP contribution in [0.15, 0.2) is 24.4 Å². The highest BCUT2D eigenvalue weighted by Crippen LogP contribution is 2.29. The number of carbonyl (C=O) groups excluding carboxylic acids is 2. The van der Waals surface area contributed by atoms with Crippen LogP contribution in [0.5, 0.6) is 0 Å². The molecule has 6 nitrogen and oxygen atoms in total. The van der Waals surface area contributed by atoms with Crippen LogP contribution in [-0.2, 0) is 9.59 Å². The Bertz CT molecular complexity index is 857. The van der Waals surface area contributed by atoms with Crippen LogP contribution in [0.1, 0.15) is 0 Å². The number of nitrogens with one attached hydrogen (secondary N) is 1. The second-order valence-corrected chi connectivity index (χ2v) is 5.92. The van der Waals surface area contributed by atoms with Crippen molar-refractivity contribution in [2.75, 3.05) is 31.1 Å². The Morgan fingerprint density at radius 3 is 2.88 bits per heavy atom. The third-order valence-electron chi connectivity index (χ3n) is 4.52. The highest BCUT2D eigenvalue weighted by molar-refractivity contribution is 6.35. The number of nitrogens with zero attached hydrogens (tertiary/aromatic N) is 3. The van der Waals surface area contributed by atoms with Crippen LogP contribution >= 0.6 is 0 Å². The number of benzene rings is 1. The second kappa shape index (κ2) is 5.40. The number of aromatic nitrogens is 1. The lowest BCUT2D eigenvalue weighted by Crippen LogP contribution is -2.65. The van der Waals surface area contributed by atoms with Gasteiger partial charge in [-0.3, -0.25) is 14.6 Å². The predicted octanol–water partition coefficient (Wildman–Crippen LogP) is 0.660. The van der Waals surface area contributed by atoms with Crippen molar-refractivity contribution >= 4 is 28.4 Å². The number of hydrogen-bond acceptors (Lipinski definition) is 4. The number of halogens is 2. The summed E-state index contributed by atoms with van der Waals surface area (Å²) in [7, 11) is 0. The fourth-order valence-corrected chi connectivity index (χ4v) is 3.37. The first-order valence-corrected chi connectivity index (χ1v) is 7.62. The van der Waals surface area contributed by atoms with E-state index in [1.54, 1.807) is 11.0 Å². The van der Waals surface area contributed by atoms with Crippen molar-refractivity contribution in [3.8, 4) is 0 Å². The Kier molecular flexibility index (Phi) is 3.33. The molecule has 0 spiro atoms. The minimum absolute atomic E-state index is 0.115. The molecule has 0 radical (unpaired) electrons. The largest absolute Gasteiger partial charge is 0.367 e. The molecule has 2 saturated heterocycles. The lowest BCUT2D eigenvalue weighted by molar-refractivity contribution is -0.150. The van der Waals surface area contributed by atoms with Gasteiger partial charge in [0.05, 0.1) is 6.04 Å². The van der Waals surface area contributed by atoms with Crippen LogP contribution in [0.3, 0.4) is 0 Å². The minimum Gasteiger partial charge on any atom is -0.367 e. The molecule has 2 fully saturated rings. The molecule has 2 aliphatic heterocycles. The maximum Gasteiger partial charge on any atom is 0.312 e. The molecule has 1 atom stereocenters. The van der Waals surface area contributed by atoms with E-state index in [-0.39, 0.29) is 11.6 Å². The average molecular weight is 332 g/mol. The summed E-state index contributed by atoms with van der Waals surface area (Å²) >= 11 is 0. The number of anilines is 1. The first-order chi connectivity index (χ1) is 11.5. The lowest BCUT2D eigenvalue weighted by atomic mass is 10.1. The zero-order valence-corrected chi connectivity index (χ0v) is 12.6. The van der Waals surface area contributed by atoms with Gasteiger partial charge in [-0.15, -0.1) is 0 Å². The maximum absolute atomic E-state index is 13.9. The van der Waals surface area contributed by atoms with Gasteiger partial charge in [0.15, 0.2) is 5.82 Å². The highest BCUT2D eigenvalue weighted by atomic mass is 19.1. The number of amides is 2. The molecule has 24 heavy (non-hydrogen) atoms. The predicted molar refractivity (Wildman–Crippen MR) is 82.4 cm³/mol. The molecule has 1 unspecified atom stereocenters. The van der Waals surface area contributed by atoms with E-state index in [1.807, 2.05) is 4.90 Å². The molecular formula is C16H14F2N4O2. The zero-order valence-electron chi connectivity index (χ0n) is 12.6. The Balaban J connectivity index is 1.70. The molecule has 3 heterocycles. The van der Waals surface area contributed by atoms with Gasteiger partial charge in [-0.2, -0.15) is 0 Å². The lowest BCUT2D eigenvalue weighted by Gasteiger charge is -2.44. The molecule has 0 bridgehead atoms. The molecule has 4 rings (SSSR count). The summed E-state index contributed by atoms with van der Waals surface area (Å²) in [5, 5.41) is 2.97. The molecule has 8 heteroatoms. The van der Waals surface area contributed by atoms with Gasteiger partial charge in [-0.05, 0) is 12.1 Å². The van der Waals surface area contributed by atoms with Crippen molar-refractivity contribution in [1.29, 1.82) is 0 Å².